The van der Waals surface area contributed by atoms with Gasteiger partial charge in [-0.05, 0) is 52.3 Å². The number of ether oxygens (including phenoxy) is 1. The normalized spacial score (nSPS) is 10.0. The monoisotopic (exact) mass is 348 g/mol. The predicted molar refractivity (Wildman–Crippen MR) is 84.3 cm³/mol. The highest BCUT2D eigenvalue weighted by molar-refractivity contribution is 9.10. The fourth-order valence-corrected chi connectivity index (χ4v) is 2.09. The summed E-state index contributed by atoms with van der Waals surface area (Å²) >= 11 is 3.27. The van der Waals surface area contributed by atoms with Crippen LogP contribution in [0.25, 0.3) is 0 Å². The predicted octanol–water partition coefficient (Wildman–Crippen LogP) is 3.07. The van der Waals surface area contributed by atoms with Crippen LogP contribution < -0.4 is 11.1 Å². The van der Waals surface area contributed by atoms with Crippen LogP contribution >= 0.6 is 15.9 Å². The second kappa shape index (κ2) is 6.41. The molecule has 0 aliphatic heterocycles. The van der Waals surface area contributed by atoms with Crippen molar-refractivity contribution in [3.05, 3.63) is 58.1 Å². The summed E-state index contributed by atoms with van der Waals surface area (Å²) in [4.78, 5) is 23.6. The van der Waals surface area contributed by atoms with Gasteiger partial charge in [0.15, 0.2) is 0 Å². The molecule has 0 aromatic heterocycles. The molecule has 1 amide bonds. The molecule has 0 aliphatic rings. The van der Waals surface area contributed by atoms with Crippen molar-refractivity contribution >= 4 is 39.2 Å². The highest BCUT2D eigenvalue weighted by atomic mass is 79.9. The SMILES string of the molecule is COC(=O)c1cccc(NC(=O)c2ccc(N)c(Br)c2)c1. The Bertz CT molecular complexity index is 701. The van der Waals surface area contributed by atoms with Gasteiger partial charge in [0.1, 0.15) is 0 Å². The number of methoxy groups -OCH3 is 1. The maximum Gasteiger partial charge on any atom is 0.337 e. The Hall–Kier alpha value is -2.34. The maximum absolute atomic E-state index is 12.1. The van der Waals surface area contributed by atoms with Gasteiger partial charge in [-0.15, -0.1) is 0 Å². The van der Waals surface area contributed by atoms with Crippen molar-refractivity contribution in [1.82, 2.24) is 0 Å². The number of amides is 1. The molecule has 2 rings (SSSR count). The summed E-state index contributed by atoms with van der Waals surface area (Å²) in [7, 11) is 1.31. The molecule has 0 unspecified atom stereocenters. The van der Waals surface area contributed by atoms with Gasteiger partial charge < -0.3 is 15.8 Å². The van der Waals surface area contributed by atoms with Gasteiger partial charge in [-0.1, -0.05) is 6.07 Å². The number of hydrogen-bond donors (Lipinski definition) is 2. The van der Waals surface area contributed by atoms with Gasteiger partial charge in [-0.25, -0.2) is 4.79 Å². The lowest BCUT2D eigenvalue weighted by Gasteiger charge is -2.08. The zero-order valence-electron chi connectivity index (χ0n) is 11.2. The number of carbonyl (C=O) groups is 2. The van der Waals surface area contributed by atoms with Crippen molar-refractivity contribution in [1.29, 1.82) is 0 Å². The molecular formula is C15H13BrN2O3. The Morgan fingerprint density at radius 1 is 1.14 bits per heavy atom. The third-order valence-electron chi connectivity index (χ3n) is 2.80. The van der Waals surface area contributed by atoms with Crippen LogP contribution in [0.5, 0.6) is 0 Å². The highest BCUT2D eigenvalue weighted by Gasteiger charge is 2.10. The quantitative estimate of drug-likeness (QED) is 0.659. The molecule has 0 saturated heterocycles. The van der Waals surface area contributed by atoms with E-state index in [0.717, 1.165) is 0 Å². The van der Waals surface area contributed by atoms with E-state index in [-0.39, 0.29) is 5.91 Å². The maximum atomic E-state index is 12.1. The minimum absolute atomic E-state index is 0.294. The average molecular weight is 349 g/mol. The largest absolute Gasteiger partial charge is 0.465 e. The van der Waals surface area contributed by atoms with Crippen LogP contribution in [-0.4, -0.2) is 19.0 Å². The van der Waals surface area contributed by atoms with Gasteiger partial charge in [0.2, 0.25) is 0 Å². The molecule has 0 radical (unpaired) electrons. The van der Waals surface area contributed by atoms with Gasteiger partial charge >= 0.3 is 5.97 Å². The topological polar surface area (TPSA) is 81.4 Å². The first-order valence-electron chi connectivity index (χ1n) is 6.06. The van der Waals surface area contributed by atoms with Crippen molar-refractivity contribution < 1.29 is 14.3 Å². The van der Waals surface area contributed by atoms with Gasteiger partial charge in [-0.2, -0.15) is 0 Å². The van der Waals surface area contributed by atoms with E-state index in [1.165, 1.54) is 7.11 Å². The average Bonchev–Trinajstić information content (AvgIpc) is 2.49. The molecule has 2 aromatic carbocycles. The van der Waals surface area contributed by atoms with E-state index < -0.39 is 5.97 Å². The number of nitrogens with one attached hydrogen (secondary N) is 1. The summed E-state index contributed by atoms with van der Waals surface area (Å²) in [6, 6.07) is 11.4. The van der Waals surface area contributed by atoms with Crippen molar-refractivity contribution in [3.63, 3.8) is 0 Å². The van der Waals surface area contributed by atoms with Crippen LogP contribution in [0, 0.1) is 0 Å². The lowest BCUT2D eigenvalue weighted by Crippen LogP contribution is -2.12. The Kier molecular flexibility index (Phi) is 4.59. The van der Waals surface area contributed by atoms with E-state index in [4.69, 9.17) is 5.73 Å². The smallest absolute Gasteiger partial charge is 0.337 e. The van der Waals surface area contributed by atoms with Crippen molar-refractivity contribution in [2.24, 2.45) is 0 Å². The fourth-order valence-electron chi connectivity index (χ4n) is 1.71. The number of halogens is 1. The molecule has 3 N–H and O–H groups in total. The molecule has 0 saturated carbocycles. The number of benzene rings is 2. The zero-order chi connectivity index (χ0) is 15.4. The van der Waals surface area contributed by atoms with Gasteiger partial charge in [-0.3, -0.25) is 4.79 Å². The third-order valence-corrected chi connectivity index (χ3v) is 3.49. The molecular weight excluding hydrogens is 336 g/mol. The molecule has 0 heterocycles. The van der Waals surface area contributed by atoms with E-state index in [1.807, 2.05) is 0 Å². The number of nitrogens with two attached hydrogens (primary N) is 1. The molecule has 21 heavy (non-hydrogen) atoms. The number of anilines is 2. The lowest BCUT2D eigenvalue weighted by atomic mass is 10.1. The van der Waals surface area contributed by atoms with E-state index in [9.17, 15) is 9.59 Å². The van der Waals surface area contributed by atoms with Crippen LogP contribution in [0.2, 0.25) is 0 Å². The minimum Gasteiger partial charge on any atom is -0.465 e. The number of esters is 1. The van der Waals surface area contributed by atoms with Crippen molar-refractivity contribution in [2.45, 2.75) is 0 Å². The molecule has 0 fully saturated rings. The van der Waals surface area contributed by atoms with Crippen LogP contribution in [0.15, 0.2) is 46.9 Å². The number of nitrogen functional groups attached to an aromatic ring is 1. The summed E-state index contributed by atoms with van der Waals surface area (Å²) in [6.45, 7) is 0. The number of rotatable bonds is 3. The number of hydrogen-bond acceptors (Lipinski definition) is 4. The van der Waals surface area contributed by atoms with Crippen molar-refractivity contribution in [2.75, 3.05) is 18.2 Å². The first-order chi connectivity index (χ1) is 10.0. The molecule has 108 valence electrons. The standard InChI is InChI=1S/C15H13BrN2O3/c1-21-15(20)10-3-2-4-11(7-10)18-14(19)9-5-6-13(17)12(16)8-9/h2-8H,17H2,1H3,(H,18,19). The molecule has 6 heteroatoms. The van der Waals surface area contributed by atoms with Crippen LogP contribution in [0.4, 0.5) is 11.4 Å². The summed E-state index contributed by atoms with van der Waals surface area (Å²) in [5.41, 5.74) is 7.57. The van der Waals surface area contributed by atoms with E-state index in [0.29, 0.717) is 27.0 Å². The number of carbonyl (C=O) groups excluding carboxylic acids is 2. The highest BCUT2D eigenvalue weighted by Crippen LogP contribution is 2.21. The second-order valence-corrected chi connectivity index (χ2v) is 5.12. The summed E-state index contributed by atoms with van der Waals surface area (Å²) < 4.78 is 5.29. The Labute approximate surface area is 130 Å². The van der Waals surface area contributed by atoms with Gasteiger partial charge in [0.05, 0.1) is 12.7 Å². The summed E-state index contributed by atoms with van der Waals surface area (Å²) in [5, 5.41) is 2.72. The molecule has 0 bridgehead atoms. The molecule has 2 aromatic rings. The minimum atomic E-state index is -0.457. The zero-order valence-corrected chi connectivity index (χ0v) is 12.8. The van der Waals surface area contributed by atoms with E-state index >= 15 is 0 Å². The summed E-state index contributed by atoms with van der Waals surface area (Å²) in [6.07, 6.45) is 0. The summed E-state index contributed by atoms with van der Waals surface area (Å²) in [5.74, 6) is -0.751. The molecule has 0 aliphatic carbocycles. The van der Waals surface area contributed by atoms with Gasteiger partial charge in [0.25, 0.3) is 5.91 Å². The third kappa shape index (κ3) is 3.61. The van der Waals surface area contributed by atoms with Gasteiger partial charge in [0, 0.05) is 21.4 Å². The van der Waals surface area contributed by atoms with Crippen LogP contribution in [0.1, 0.15) is 20.7 Å². The Morgan fingerprint density at radius 3 is 2.57 bits per heavy atom. The second-order valence-electron chi connectivity index (χ2n) is 4.26. The van der Waals surface area contributed by atoms with Crippen molar-refractivity contribution in [3.8, 4) is 0 Å². The fraction of sp³-hybridized carbons (Fsp3) is 0.0667. The molecule has 0 spiro atoms. The van der Waals surface area contributed by atoms with Crippen LogP contribution in [-0.2, 0) is 4.74 Å². The molecule has 0 atom stereocenters. The van der Waals surface area contributed by atoms with E-state index in [2.05, 4.69) is 26.0 Å². The first kappa shape index (κ1) is 15.1. The molecule has 5 nitrogen and oxygen atoms in total. The van der Waals surface area contributed by atoms with E-state index in [1.54, 1.807) is 42.5 Å². The lowest BCUT2D eigenvalue weighted by molar-refractivity contribution is 0.0600. The Morgan fingerprint density at radius 2 is 1.90 bits per heavy atom. The van der Waals surface area contributed by atoms with Crippen LogP contribution in [0.3, 0.4) is 0 Å². The first-order valence-corrected chi connectivity index (χ1v) is 6.85. The Balaban J connectivity index is 2.19.